The second-order valence-corrected chi connectivity index (χ2v) is 9.23. The van der Waals surface area contributed by atoms with Gasteiger partial charge in [0.05, 0.1) is 23.9 Å². The molecule has 6 nitrogen and oxygen atoms in total. The van der Waals surface area contributed by atoms with E-state index in [1.54, 1.807) is 79.9 Å². The fourth-order valence-electron chi connectivity index (χ4n) is 4.37. The van der Waals surface area contributed by atoms with Gasteiger partial charge in [-0.05, 0) is 65.1 Å². The summed E-state index contributed by atoms with van der Waals surface area (Å²) in [5.41, 5.74) is 2.26. The highest BCUT2D eigenvalue weighted by Crippen LogP contribution is 2.40. The van der Waals surface area contributed by atoms with Gasteiger partial charge in [-0.1, -0.05) is 54.6 Å². The van der Waals surface area contributed by atoms with Crippen molar-refractivity contribution in [3.05, 3.63) is 108 Å². The van der Waals surface area contributed by atoms with E-state index in [0.29, 0.717) is 59.6 Å². The van der Waals surface area contributed by atoms with Crippen LogP contribution < -0.4 is 15.4 Å². The number of amides is 1. The van der Waals surface area contributed by atoms with Gasteiger partial charge in [0, 0.05) is 19.7 Å². The number of fused-ring (bicyclic) bond motifs is 1. The third-order valence-electron chi connectivity index (χ3n) is 6.29. The molecule has 4 aromatic rings. The largest absolute Gasteiger partial charge is 0.494 e. The number of allylic oxidation sites excluding steroid dienone is 1. The summed E-state index contributed by atoms with van der Waals surface area (Å²) in [4.78, 5) is 11.2. The van der Waals surface area contributed by atoms with Crippen LogP contribution in [0.5, 0.6) is 5.75 Å². The van der Waals surface area contributed by atoms with E-state index < -0.39 is 18.5 Å². The number of benzene rings is 3. The van der Waals surface area contributed by atoms with Crippen LogP contribution in [0.25, 0.3) is 22.0 Å². The van der Waals surface area contributed by atoms with Gasteiger partial charge >= 0.3 is 6.18 Å². The highest BCUT2D eigenvalue weighted by Gasteiger charge is 2.31. The molecule has 3 aromatic carbocycles. The molecule has 0 spiro atoms. The van der Waals surface area contributed by atoms with Crippen molar-refractivity contribution in [1.82, 2.24) is 20.8 Å². The van der Waals surface area contributed by atoms with Crippen molar-refractivity contribution in [1.29, 1.82) is 0 Å². The number of halogens is 4. The maximum atomic E-state index is 14.3. The van der Waals surface area contributed by atoms with Crippen molar-refractivity contribution < 1.29 is 27.1 Å². The summed E-state index contributed by atoms with van der Waals surface area (Å²) in [7, 11) is 1.56. The highest BCUT2D eigenvalue weighted by atomic mass is 19.4. The number of nitrogens with zero attached hydrogens (tertiary/aromatic N) is 1. The van der Waals surface area contributed by atoms with Crippen LogP contribution in [-0.2, 0) is 4.79 Å². The minimum Gasteiger partial charge on any atom is -0.494 e. The average molecular weight is 567 g/mol. The molecule has 214 valence electrons. The van der Waals surface area contributed by atoms with Gasteiger partial charge in [0.15, 0.2) is 0 Å². The van der Waals surface area contributed by atoms with Gasteiger partial charge in [0.2, 0.25) is 11.9 Å². The van der Waals surface area contributed by atoms with Crippen molar-refractivity contribution in [3.63, 3.8) is 0 Å². The molecular weight excluding hydrogens is 536 g/mol. The van der Waals surface area contributed by atoms with Crippen LogP contribution in [0.4, 0.5) is 17.6 Å². The Bertz CT molecular complexity index is 1510. The number of rotatable bonds is 12. The van der Waals surface area contributed by atoms with Gasteiger partial charge in [-0.25, -0.2) is 0 Å². The highest BCUT2D eigenvalue weighted by molar-refractivity contribution is 6.00. The number of H-pyrrole nitrogens is 1. The van der Waals surface area contributed by atoms with Crippen molar-refractivity contribution >= 4 is 28.0 Å². The molecule has 41 heavy (non-hydrogen) atoms. The number of hydrogen-bond donors (Lipinski definition) is 3. The zero-order valence-electron chi connectivity index (χ0n) is 22.4. The molecule has 0 saturated heterocycles. The Morgan fingerprint density at radius 1 is 1.00 bits per heavy atom. The topological polar surface area (TPSA) is 79.0 Å². The van der Waals surface area contributed by atoms with Crippen LogP contribution in [-0.4, -0.2) is 49.0 Å². The van der Waals surface area contributed by atoms with Gasteiger partial charge in [-0.15, -0.1) is 5.10 Å². The maximum Gasteiger partial charge on any atom is 0.393 e. The number of aromatic nitrogens is 2. The van der Waals surface area contributed by atoms with E-state index in [9.17, 15) is 22.4 Å². The first-order valence-corrected chi connectivity index (χ1v) is 13.1. The van der Waals surface area contributed by atoms with Gasteiger partial charge in [0.1, 0.15) is 5.75 Å². The van der Waals surface area contributed by atoms with Crippen molar-refractivity contribution in [2.75, 3.05) is 26.7 Å². The van der Waals surface area contributed by atoms with E-state index in [-0.39, 0.29) is 16.9 Å². The Morgan fingerprint density at radius 2 is 1.73 bits per heavy atom. The zero-order valence-corrected chi connectivity index (χ0v) is 22.4. The lowest BCUT2D eigenvalue weighted by Gasteiger charge is -2.19. The third-order valence-corrected chi connectivity index (χ3v) is 6.29. The van der Waals surface area contributed by atoms with E-state index >= 15 is 0 Å². The predicted molar refractivity (Wildman–Crippen MR) is 152 cm³/mol. The van der Waals surface area contributed by atoms with E-state index in [1.165, 1.54) is 12.1 Å². The minimum atomic E-state index is -4.48. The van der Waals surface area contributed by atoms with E-state index in [4.69, 9.17) is 4.74 Å². The fraction of sp³-hybridized carbons (Fsp3) is 0.226. The molecule has 0 aliphatic rings. The Hall–Kier alpha value is -4.44. The van der Waals surface area contributed by atoms with Crippen LogP contribution in [0, 0.1) is 5.95 Å². The Labute approximate surface area is 235 Å². The summed E-state index contributed by atoms with van der Waals surface area (Å²) in [6.45, 7) is 1.65. The van der Waals surface area contributed by atoms with Crippen molar-refractivity contribution in [3.8, 4) is 5.75 Å². The van der Waals surface area contributed by atoms with Crippen LogP contribution in [0.1, 0.15) is 29.5 Å². The standard InChI is InChI=1S/C31H30F4N4O2/c1-36-28(40)9-5-16-37-17-6-18-41-24-13-10-22(11-14-24)29(23-12-15-27-25(19-23)30(32)39-38-27)26(20-31(33,34)35)21-7-3-2-4-8-21/h2-5,7-15,19,37H,6,16-18,20H2,1H3,(H,36,40)(H,38,39)/b9-5+,29-26+. The number of carbonyl (C=O) groups is 1. The number of nitrogens with one attached hydrogen (secondary N) is 3. The molecule has 0 saturated carbocycles. The normalized spacial score (nSPS) is 12.5. The first-order valence-electron chi connectivity index (χ1n) is 13.1. The van der Waals surface area contributed by atoms with Gasteiger partial charge < -0.3 is 15.4 Å². The average Bonchev–Trinajstić information content (AvgIpc) is 3.34. The minimum absolute atomic E-state index is 0.0755. The lowest BCUT2D eigenvalue weighted by molar-refractivity contribution is -0.123. The Kier molecular flexibility index (Phi) is 9.91. The van der Waals surface area contributed by atoms with E-state index in [0.717, 1.165) is 0 Å². The zero-order chi connectivity index (χ0) is 29.2. The number of carbonyl (C=O) groups excluding carboxylic acids is 1. The van der Waals surface area contributed by atoms with Gasteiger partial charge in [0.25, 0.3) is 0 Å². The number of hydrogen-bond acceptors (Lipinski definition) is 4. The summed E-state index contributed by atoms with van der Waals surface area (Å²) in [5, 5.41) is 12.0. The lowest BCUT2D eigenvalue weighted by atomic mass is 9.87. The van der Waals surface area contributed by atoms with Crippen LogP contribution >= 0.6 is 0 Å². The molecule has 0 aliphatic heterocycles. The molecule has 0 aliphatic carbocycles. The summed E-state index contributed by atoms with van der Waals surface area (Å²) in [5.74, 6) is -0.319. The Morgan fingerprint density at radius 3 is 2.44 bits per heavy atom. The summed E-state index contributed by atoms with van der Waals surface area (Å²) in [6.07, 6.45) is -1.75. The van der Waals surface area contributed by atoms with Crippen LogP contribution in [0.3, 0.4) is 0 Å². The SMILES string of the molecule is CNC(=O)/C=C/CNCCCOc1ccc(/C(=C(/CC(F)(F)F)c2ccccc2)c2ccc3[nH]nc(F)c3c2)cc1. The first-order chi connectivity index (χ1) is 19.7. The number of likely N-dealkylation sites (N-methyl/N-ethyl adjacent to an activating group) is 1. The Balaban J connectivity index is 1.59. The molecule has 3 N–H and O–H groups in total. The summed E-state index contributed by atoms with van der Waals surface area (Å²) < 4.78 is 61.8. The number of ether oxygens (including phenoxy) is 1. The molecule has 0 fully saturated rings. The van der Waals surface area contributed by atoms with Gasteiger partial charge in [-0.2, -0.15) is 17.6 Å². The first kappa shape index (κ1) is 29.5. The molecule has 0 radical (unpaired) electrons. The van der Waals surface area contributed by atoms with E-state index in [2.05, 4.69) is 20.8 Å². The lowest BCUT2D eigenvalue weighted by Crippen LogP contribution is -2.19. The second kappa shape index (κ2) is 13.8. The summed E-state index contributed by atoms with van der Waals surface area (Å²) in [6, 6.07) is 20.0. The van der Waals surface area contributed by atoms with E-state index in [1.807, 2.05) is 0 Å². The van der Waals surface area contributed by atoms with Crippen molar-refractivity contribution in [2.45, 2.75) is 19.0 Å². The molecule has 10 heteroatoms. The number of aromatic amines is 1. The number of alkyl halides is 3. The second-order valence-electron chi connectivity index (χ2n) is 9.23. The predicted octanol–water partition coefficient (Wildman–Crippen LogP) is 6.27. The van der Waals surface area contributed by atoms with Crippen LogP contribution in [0.15, 0.2) is 84.9 Å². The van der Waals surface area contributed by atoms with Crippen LogP contribution in [0.2, 0.25) is 0 Å². The summed E-state index contributed by atoms with van der Waals surface area (Å²) >= 11 is 0. The third kappa shape index (κ3) is 8.28. The molecule has 1 amide bonds. The monoisotopic (exact) mass is 566 g/mol. The maximum absolute atomic E-state index is 14.3. The molecule has 0 bridgehead atoms. The molecule has 0 atom stereocenters. The quantitative estimate of drug-likeness (QED) is 0.0817. The molecule has 1 aromatic heterocycles. The van der Waals surface area contributed by atoms with Gasteiger partial charge in [-0.3, -0.25) is 9.89 Å². The smallest absolute Gasteiger partial charge is 0.393 e. The molecule has 0 unspecified atom stereocenters. The molecule has 1 heterocycles. The molecular formula is C31H30F4N4O2. The molecule has 4 rings (SSSR count). The fourth-order valence-corrected chi connectivity index (χ4v) is 4.37. The van der Waals surface area contributed by atoms with Crippen molar-refractivity contribution in [2.24, 2.45) is 0 Å².